The molecule has 0 radical (unpaired) electrons. The van der Waals surface area contributed by atoms with Gasteiger partial charge in [-0.05, 0) is 12.6 Å². The van der Waals surface area contributed by atoms with Crippen LogP contribution in [0, 0.1) is 0 Å². The lowest BCUT2D eigenvalue weighted by Gasteiger charge is -2.11. The Balaban J connectivity index is 2.48. The Morgan fingerprint density at radius 2 is 2.25 bits per heavy atom. The van der Waals surface area contributed by atoms with Crippen molar-refractivity contribution in [1.29, 1.82) is 0 Å². The second-order valence-corrected chi connectivity index (χ2v) is 3.62. The van der Waals surface area contributed by atoms with Crippen LogP contribution in [-0.2, 0) is 4.79 Å². The summed E-state index contributed by atoms with van der Waals surface area (Å²) in [5, 5.41) is 13.1. The van der Waals surface area contributed by atoms with Gasteiger partial charge in [0.15, 0.2) is 0 Å². The predicted molar refractivity (Wildman–Crippen MR) is 62.4 cm³/mol. The Kier molecular flexibility index (Phi) is 2.92. The number of para-hydroxylation sites is 1. The van der Waals surface area contributed by atoms with Crippen LogP contribution in [0.5, 0.6) is 0 Å². The summed E-state index contributed by atoms with van der Waals surface area (Å²) in [6.07, 6.45) is 1.76. The maximum atomic E-state index is 11.2. The summed E-state index contributed by atoms with van der Waals surface area (Å²) < 4.78 is 0. The van der Waals surface area contributed by atoms with Gasteiger partial charge in [-0.25, -0.2) is 0 Å². The maximum absolute atomic E-state index is 11.2. The molecule has 0 amide bonds. The Morgan fingerprint density at radius 3 is 2.94 bits per heavy atom. The molecule has 1 aromatic carbocycles. The van der Waals surface area contributed by atoms with E-state index in [1.807, 2.05) is 31.2 Å². The average Bonchev–Trinajstić information content (AvgIpc) is 2.69. The molecule has 1 aromatic heterocycles. The SMILES string of the molecule is CCNC(C(=O)O)c1c[nH]c2ccccc12. The smallest absolute Gasteiger partial charge is 0.325 e. The van der Waals surface area contributed by atoms with Crippen LogP contribution in [-0.4, -0.2) is 22.6 Å². The van der Waals surface area contributed by atoms with Crippen molar-refractivity contribution < 1.29 is 9.90 Å². The monoisotopic (exact) mass is 218 g/mol. The number of aromatic amines is 1. The van der Waals surface area contributed by atoms with Crippen molar-refractivity contribution in [3.63, 3.8) is 0 Å². The van der Waals surface area contributed by atoms with Crippen LogP contribution in [0.15, 0.2) is 30.5 Å². The number of rotatable bonds is 4. The fourth-order valence-electron chi connectivity index (χ4n) is 1.87. The molecular weight excluding hydrogens is 204 g/mol. The molecule has 4 nitrogen and oxygen atoms in total. The number of nitrogens with one attached hydrogen (secondary N) is 2. The Bertz CT molecular complexity index is 504. The van der Waals surface area contributed by atoms with Crippen LogP contribution in [0.4, 0.5) is 0 Å². The van der Waals surface area contributed by atoms with Crippen molar-refractivity contribution in [3.05, 3.63) is 36.0 Å². The first-order valence-electron chi connectivity index (χ1n) is 5.26. The number of carbonyl (C=O) groups is 1. The van der Waals surface area contributed by atoms with Crippen molar-refractivity contribution in [3.8, 4) is 0 Å². The molecule has 1 heterocycles. The van der Waals surface area contributed by atoms with E-state index in [9.17, 15) is 4.79 Å². The molecule has 0 spiro atoms. The molecule has 4 heteroatoms. The first-order valence-corrected chi connectivity index (χ1v) is 5.26. The van der Waals surface area contributed by atoms with E-state index in [0.29, 0.717) is 6.54 Å². The van der Waals surface area contributed by atoms with Crippen molar-refractivity contribution in [1.82, 2.24) is 10.3 Å². The molecule has 0 aliphatic heterocycles. The molecule has 1 atom stereocenters. The van der Waals surface area contributed by atoms with Gasteiger partial charge in [0.25, 0.3) is 0 Å². The van der Waals surface area contributed by atoms with Crippen molar-refractivity contribution in [2.75, 3.05) is 6.54 Å². The van der Waals surface area contributed by atoms with Crippen LogP contribution in [0.25, 0.3) is 10.9 Å². The molecule has 2 rings (SSSR count). The minimum atomic E-state index is -0.855. The number of hydrogen-bond acceptors (Lipinski definition) is 2. The Morgan fingerprint density at radius 1 is 1.50 bits per heavy atom. The summed E-state index contributed by atoms with van der Waals surface area (Å²) in [7, 11) is 0. The van der Waals surface area contributed by atoms with Gasteiger partial charge in [0, 0.05) is 22.7 Å². The van der Waals surface area contributed by atoms with Gasteiger partial charge >= 0.3 is 5.97 Å². The zero-order valence-electron chi connectivity index (χ0n) is 9.03. The molecule has 0 aliphatic carbocycles. The standard InChI is InChI=1S/C12H14N2O2/c1-2-13-11(12(15)16)9-7-14-10-6-4-3-5-8(9)10/h3-7,11,13-14H,2H2,1H3,(H,15,16). The molecule has 0 bridgehead atoms. The molecule has 0 saturated heterocycles. The fraction of sp³-hybridized carbons (Fsp3) is 0.250. The van der Waals surface area contributed by atoms with Crippen LogP contribution >= 0.6 is 0 Å². The number of fused-ring (bicyclic) bond motifs is 1. The molecule has 0 aliphatic rings. The summed E-state index contributed by atoms with van der Waals surface area (Å²) in [4.78, 5) is 14.2. The number of H-pyrrole nitrogens is 1. The summed E-state index contributed by atoms with van der Waals surface area (Å²) >= 11 is 0. The number of aliphatic carboxylic acids is 1. The van der Waals surface area contributed by atoms with Crippen LogP contribution in [0.2, 0.25) is 0 Å². The number of carboxylic acids is 1. The summed E-state index contributed by atoms with van der Waals surface area (Å²) in [5.74, 6) is -0.855. The average molecular weight is 218 g/mol. The van der Waals surface area contributed by atoms with Crippen molar-refractivity contribution in [2.24, 2.45) is 0 Å². The first kappa shape index (κ1) is 10.7. The van der Waals surface area contributed by atoms with E-state index >= 15 is 0 Å². The van der Waals surface area contributed by atoms with Crippen molar-refractivity contribution >= 4 is 16.9 Å². The quantitative estimate of drug-likeness (QED) is 0.734. The zero-order chi connectivity index (χ0) is 11.5. The second kappa shape index (κ2) is 4.37. The van der Waals surface area contributed by atoms with Gasteiger partial charge < -0.3 is 15.4 Å². The van der Waals surface area contributed by atoms with Gasteiger partial charge in [0.2, 0.25) is 0 Å². The first-order chi connectivity index (χ1) is 7.74. The molecule has 0 fully saturated rings. The third-order valence-electron chi connectivity index (χ3n) is 2.59. The van der Waals surface area contributed by atoms with Crippen LogP contribution < -0.4 is 5.32 Å². The predicted octanol–water partition coefficient (Wildman–Crippen LogP) is 1.90. The lowest BCUT2D eigenvalue weighted by Crippen LogP contribution is -2.27. The van der Waals surface area contributed by atoms with E-state index in [2.05, 4.69) is 10.3 Å². The second-order valence-electron chi connectivity index (χ2n) is 3.62. The largest absolute Gasteiger partial charge is 0.480 e. The van der Waals surface area contributed by atoms with Gasteiger partial charge in [-0.2, -0.15) is 0 Å². The molecule has 84 valence electrons. The van der Waals surface area contributed by atoms with Gasteiger partial charge in [-0.1, -0.05) is 25.1 Å². The Labute approximate surface area is 93.3 Å². The van der Waals surface area contributed by atoms with Crippen LogP contribution in [0.1, 0.15) is 18.5 Å². The topological polar surface area (TPSA) is 65.1 Å². The number of aromatic nitrogens is 1. The van der Waals surface area contributed by atoms with Crippen LogP contribution in [0.3, 0.4) is 0 Å². The van der Waals surface area contributed by atoms with E-state index in [1.165, 1.54) is 0 Å². The third kappa shape index (κ3) is 1.79. The minimum Gasteiger partial charge on any atom is -0.480 e. The highest BCUT2D eigenvalue weighted by atomic mass is 16.4. The summed E-state index contributed by atoms with van der Waals surface area (Å²) in [6, 6.07) is 7.04. The number of likely N-dealkylation sites (N-methyl/N-ethyl adjacent to an activating group) is 1. The fourth-order valence-corrected chi connectivity index (χ4v) is 1.87. The summed E-state index contributed by atoms with van der Waals surface area (Å²) in [5.41, 5.74) is 1.74. The highest BCUT2D eigenvalue weighted by Crippen LogP contribution is 2.24. The van der Waals surface area contributed by atoms with E-state index in [4.69, 9.17) is 5.11 Å². The van der Waals surface area contributed by atoms with Crippen molar-refractivity contribution in [2.45, 2.75) is 13.0 Å². The molecule has 0 saturated carbocycles. The summed E-state index contributed by atoms with van der Waals surface area (Å²) in [6.45, 7) is 2.52. The molecular formula is C12H14N2O2. The molecule has 3 N–H and O–H groups in total. The van der Waals surface area contributed by atoms with E-state index in [-0.39, 0.29) is 0 Å². The van der Waals surface area contributed by atoms with Gasteiger partial charge in [0.1, 0.15) is 6.04 Å². The highest BCUT2D eigenvalue weighted by Gasteiger charge is 2.21. The Hall–Kier alpha value is -1.81. The van der Waals surface area contributed by atoms with E-state index in [1.54, 1.807) is 6.20 Å². The maximum Gasteiger partial charge on any atom is 0.325 e. The number of carboxylic acid groups (broad SMARTS) is 1. The normalized spacial score (nSPS) is 12.8. The minimum absolute atomic E-state index is 0.622. The number of benzene rings is 1. The molecule has 1 unspecified atom stereocenters. The highest BCUT2D eigenvalue weighted by molar-refractivity contribution is 5.89. The number of hydrogen-bond donors (Lipinski definition) is 3. The zero-order valence-corrected chi connectivity index (χ0v) is 9.03. The molecule has 16 heavy (non-hydrogen) atoms. The van der Waals surface area contributed by atoms with Gasteiger partial charge in [-0.15, -0.1) is 0 Å². The lowest BCUT2D eigenvalue weighted by atomic mass is 10.1. The van der Waals surface area contributed by atoms with Gasteiger partial charge in [-0.3, -0.25) is 4.79 Å². The van der Waals surface area contributed by atoms with E-state index < -0.39 is 12.0 Å². The third-order valence-corrected chi connectivity index (χ3v) is 2.59. The lowest BCUT2D eigenvalue weighted by molar-refractivity contribution is -0.139. The molecule has 2 aromatic rings. The van der Waals surface area contributed by atoms with Gasteiger partial charge in [0.05, 0.1) is 0 Å². The van der Waals surface area contributed by atoms with E-state index in [0.717, 1.165) is 16.5 Å².